The smallest absolute Gasteiger partial charge is 0.225 e. The molecule has 3 aliphatic heterocycles. The van der Waals surface area contributed by atoms with Crippen LogP contribution in [0.4, 0.5) is 0 Å². The van der Waals surface area contributed by atoms with Crippen molar-refractivity contribution in [3.05, 3.63) is 21.9 Å². The van der Waals surface area contributed by atoms with Gasteiger partial charge in [-0.25, -0.2) is 0 Å². The number of hydrogen-bond acceptors (Lipinski definition) is 5. The molecule has 0 bridgehead atoms. The van der Waals surface area contributed by atoms with Crippen LogP contribution in [-0.2, 0) is 26.3 Å². The molecule has 1 N–H and O–H groups in total. The van der Waals surface area contributed by atoms with Gasteiger partial charge >= 0.3 is 0 Å². The fraction of sp³-hybridized carbons (Fsp3) is 0.750. The van der Waals surface area contributed by atoms with Crippen LogP contribution in [0.25, 0.3) is 0 Å². The van der Waals surface area contributed by atoms with Gasteiger partial charge in [-0.3, -0.25) is 4.79 Å². The number of fused-ring (bicyclic) bond motifs is 3. The molecule has 1 amide bonds. The van der Waals surface area contributed by atoms with Crippen LogP contribution in [0.15, 0.2) is 11.4 Å². The lowest BCUT2D eigenvalue weighted by atomic mass is 9.81. The number of thiophene rings is 1. The van der Waals surface area contributed by atoms with E-state index in [9.17, 15) is 4.79 Å². The summed E-state index contributed by atoms with van der Waals surface area (Å²) in [5, 5.41) is 5.74. The van der Waals surface area contributed by atoms with E-state index in [1.807, 2.05) is 11.3 Å². The highest BCUT2D eigenvalue weighted by Gasteiger charge is 2.44. The van der Waals surface area contributed by atoms with E-state index in [-0.39, 0.29) is 23.9 Å². The first-order chi connectivity index (χ1) is 12.8. The monoisotopic (exact) mass is 412 g/mol. The Kier molecular flexibility index (Phi) is 5.82. The predicted octanol–water partition coefficient (Wildman–Crippen LogP) is 2.72. The zero-order chi connectivity index (χ0) is 17.6. The van der Waals surface area contributed by atoms with E-state index in [1.54, 1.807) is 0 Å². The van der Waals surface area contributed by atoms with Crippen molar-refractivity contribution < 1.29 is 14.3 Å². The quantitative estimate of drug-likeness (QED) is 0.770. The first kappa shape index (κ1) is 19.6. The SMILES string of the molecule is Cl.O=C([C@H]1CC[C@H]2OCCN[C@@H]2C1)N1CCC2(CC1)OCCc1ccsc12. The lowest BCUT2D eigenvalue weighted by Crippen LogP contribution is -2.54. The van der Waals surface area contributed by atoms with Crippen LogP contribution >= 0.6 is 23.7 Å². The summed E-state index contributed by atoms with van der Waals surface area (Å²) in [6.07, 6.45) is 6.12. The standard InChI is InChI=1S/C20H28N2O3S.ClH/c23-19(15-1-2-17-16(13-15)21-7-11-24-17)22-8-5-20(6-9-22)18-14(3-10-25-20)4-12-26-18;/h4,12,15-17,21H,1-3,5-11,13H2;1H/t15-,16+,17+;/m0./s1. The first-order valence-electron chi connectivity index (χ1n) is 10.1. The number of hydrogen-bond donors (Lipinski definition) is 1. The molecule has 1 aromatic rings. The van der Waals surface area contributed by atoms with Gasteiger partial charge in [0.1, 0.15) is 5.60 Å². The van der Waals surface area contributed by atoms with E-state index in [0.29, 0.717) is 18.1 Å². The fourth-order valence-electron chi connectivity index (χ4n) is 5.31. The first-order valence-corrected chi connectivity index (χ1v) is 11.0. The molecule has 27 heavy (non-hydrogen) atoms. The van der Waals surface area contributed by atoms with Crippen molar-refractivity contribution in [1.82, 2.24) is 10.2 Å². The molecule has 2 saturated heterocycles. The summed E-state index contributed by atoms with van der Waals surface area (Å²) in [6.45, 7) is 4.18. The minimum Gasteiger partial charge on any atom is -0.375 e. The van der Waals surface area contributed by atoms with Crippen LogP contribution in [0.5, 0.6) is 0 Å². The summed E-state index contributed by atoms with van der Waals surface area (Å²) >= 11 is 1.83. The molecule has 5 rings (SSSR count). The Bertz CT molecular complexity index is 674. The summed E-state index contributed by atoms with van der Waals surface area (Å²) in [7, 11) is 0. The van der Waals surface area contributed by atoms with Gasteiger partial charge in [0.05, 0.1) is 19.3 Å². The summed E-state index contributed by atoms with van der Waals surface area (Å²) in [4.78, 5) is 16.6. The van der Waals surface area contributed by atoms with Crippen LogP contribution < -0.4 is 5.32 Å². The molecule has 3 atom stereocenters. The Balaban J connectivity index is 0.00000180. The molecule has 1 spiro atoms. The largest absolute Gasteiger partial charge is 0.375 e. The number of nitrogens with zero attached hydrogens (tertiary/aromatic N) is 1. The highest BCUT2D eigenvalue weighted by molar-refractivity contribution is 7.10. The summed E-state index contributed by atoms with van der Waals surface area (Å²) < 4.78 is 12.1. The third-order valence-electron chi connectivity index (χ3n) is 6.77. The number of piperidine rings is 1. The van der Waals surface area contributed by atoms with E-state index in [0.717, 1.165) is 71.4 Å². The minimum absolute atomic E-state index is 0. The molecular weight excluding hydrogens is 384 g/mol. The van der Waals surface area contributed by atoms with Gasteiger partial charge in [0.2, 0.25) is 5.91 Å². The Morgan fingerprint density at radius 2 is 2.11 bits per heavy atom. The maximum Gasteiger partial charge on any atom is 0.225 e. The molecule has 3 fully saturated rings. The average molecular weight is 413 g/mol. The number of ether oxygens (including phenoxy) is 2. The lowest BCUT2D eigenvalue weighted by Gasteiger charge is -2.45. The zero-order valence-corrected chi connectivity index (χ0v) is 17.3. The second-order valence-electron chi connectivity index (χ2n) is 8.17. The van der Waals surface area contributed by atoms with Crippen molar-refractivity contribution in [3.63, 3.8) is 0 Å². The van der Waals surface area contributed by atoms with Gasteiger partial charge in [-0.2, -0.15) is 0 Å². The van der Waals surface area contributed by atoms with Crippen molar-refractivity contribution >= 4 is 29.7 Å². The number of carbonyl (C=O) groups is 1. The van der Waals surface area contributed by atoms with E-state index in [1.165, 1.54) is 10.4 Å². The lowest BCUT2D eigenvalue weighted by molar-refractivity contribution is -0.147. The molecule has 1 aromatic heterocycles. The Morgan fingerprint density at radius 3 is 2.96 bits per heavy atom. The van der Waals surface area contributed by atoms with Crippen molar-refractivity contribution in [2.45, 2.75) is 56.3 Å². The van der Waals surface area contributed by atoms with Gasteiger partial charge in [-0.1, -0.05) is 0 Å². The third-order valence-corrected chi connectivity index (χ3v) is 7.91. The van der Waals surface area contributed by atoms with Gasteiger partial charge in [0, 0.05) is 36.5 Å². The number of amides is 1. The number of rotatable bonds is 1. The van der Waals surface area contributed by atoms with Gasteiger partial charge in [0.15, 0.2) is 0 Å². The average Bonchev–Trinajstić information content (AvgIpc) is 3.18. The van der Waals surface area contributed by atoms with Crippen LogP contribution in [-0.4, -0.2) is 55.8 Å². The van der Waals surface area contributed by atoms with E-state index in [2.05, 4.69) is 21.7 Å². The Hall–Kier alpha value is -0.660. The molecule has 4 heterocycles. The van der Waals surface area contributed by atoms with Crippen LogP contribution in [0.1, 0.15) is 42.5 Å². The highest BCUT2D eigenvalue weighted by atomic mass is 35.5. The molecule has 7 heteroatoms. The number of carbonyl (C=O) groups excluding carboxylic acids is 1. The second-order valence-corrected chi connectivity index (χ2v) is 9.09. The molecular formula is C20H29ClN2O3S. The van der Waals surface area contributed by atoms with Gasteiger partial charge in [0.25, 0.3) is 0 Å². The summed E-state index contributed by atoms with van der Waals surface area (Å²) in [5.74, 6) is 0.511. The highest BCUT2D eigenvalue weighted by Crippen LogP contribution is 2.44. The maximum atomic E-state index is 13.1. The number of likely N-dealkylation sites (tertiary alicyclic amines) is 1. The molecule has 4 aliphatic rings. The van der Waals surface area contributed by atoms with Gasteiger partial charge in [-0.15, -0.1) is 23.7 Å². The second kappa shape index (κ2) is 7.99. The summed E-state index contributed by atoms with van der Waals surface area (Å²) in [6, 6.07) is 2.61. The third kappa shape index (κ3) is 3.55. The number of morpholine rings is 1. The molecule has 0 radical (unpaired) electrons. The van der Waals surface area contributed by atoms with Crippen LogP contribution in [0.2, 0.25) is 0 Å². The molecule has 0 aromatic carbocycles. The molecule has 1 aliphatic carbocycles. The normalized spacial score (nSPS) is 32.3. The van der Waals surface area contributed by atoms with Gasteiger partial charge in [-0.05, 0) is 55.5 Å². The topological polar surface area (TPSA) is 50.8 Å². The van der Waals surface area contributed by atoms with Crippen molar-refractivity contribution in [2.75, 3.05) is 32.8 Å². The van der Waals surface area contributed by atoms with Crippen molar-refractivity contribution in [3.8, 4) is 0 Å². The van der Waals surface area contributed by atoms with Crippen molar-refractivity contribution in [1.29, 1.82) is 0 Å². The molecule has 0 unspecified atom stereocenters. The fourth-order valence-corrected chi connectivity index (χ4v) is 6.48. The minimum atomic E-state index is -0.130. The van der Waals surface area contributed by atoms with Crippen LogP contribution in [0, 0.1) is 5.92 Å². The Morgan fingerprint density at radius 1 is 1.26 bits per heavy atom. The summed E-state index contributed by atoms with van der Waals surface area (Å²) in [5.41, 5.74) is 1.33. The molecule has 150 valence electrons. The van der Waals surface area contributed by atoms with E-state index in [4.69, 9.17) is 9.47 Å². The van der Waals surface area contributed by atoms with Gasteiger partial charge < -0.3 is 19.7 Å². The van der Waals surface area contributed by atoms with E-state index < -0.39 is 0 Å². The Labute approximate surface area is 171 Å². The zero-order valence-electron chi connectivity index (χ0n) is 15.7. The van der Waals surface area contributed by atoms with Crippen molar-refractivity contribution in [2.24, 2.45) is 5.92 Å². The molecule has 1 saturated carbocycles. The molecule has 5 nitrogen and oxygen atoms in total. The predicted molar refractivity (Wildman–Crippen MR) is 108 cm³/mol. The maximum absolute atomic E-state index is 13.1. The number of nitrogens with one attached hydrogen (secondary N) is 1. The van der Waals surface area contributed by atoms with Crippen LogP contribution in [0.3, 0.4) is 0 Å². The van der Waals surface area contributed by atoms with E-state index >= 15 is 0 Å². The number of halogens is 1.